The van der Waals surface area contributed by atoms with E-state index in [0.717, 1.165) is 0 Å². The Kier molecular flexibility index (Phi) is 9.58. The Morgan fingerprint density at radius 3 is 1.81 bits per heavy atom. The maximum atomic E-state index is 5.57. The molecule has 0 saturated carbocycles. The van der Waals surface area contributed by atoms with Crippen molar-refractivity contribution in [2.24, 2.45) is 0 Å². The molecule has 0 aromatic heterocycles. The molecule has 0 aliphatic rings. The summed E-state index contributed by atoms with van der Waals surface area (Å²) in [4.78, 5) is 0. The van der Waals surface area contributed by atoms with E-state index in [1.807, 2.05) is 20.8 Å². The average molecular weight is 246 g/mol. The van der Waals surface area contributed by atoms with Crippen LogP contribution in [0.4, 0.5) is 0 Å². The number of rotatable bonds is 8. The summed E-state index contributed by atoms with van der Waals surface area (Å²) in [6.45, 7) is 7.99. The molecule has 0 aliphatic heterocycles. The Hall–Kier alpha value is -0.383. The molecule has 94 valence electrons. The van der Waals surface area contributed by atoms with E-state index < -0.39 is 8.80 Å². The molecule has 0 fully saturated rings. The third-order valence-electron chi connectivity index (χ3n) is 1.68. The van der Waals surface area contributed by atoms with Gasteiger partial charge in [0.2, 0.25) is 0 Å². The first-order valence-corrected chi connectivity index (χ1v) is 7.37. The molecule has 0 aliphatic carbocycles. The molecule has 0 heterocycles. The van der Waals surface area contributed by atoms with Crippen molar-refractivity contribution < 1.29 is 18.0 Å². The minimum Gasteiger partial charge on any atom is -0.384 e. The molecule has 0 aromatic carbocycles. The van der Waals surface area contributed by atoms with Crippen LogP contribution in [0.15, 0.2) is 0 Å². The second-order valence-corrected chi connectivity index (χ2v) is 5.13. The largest absolute Gasteiger partial charge is 0.591 e. The van der Waals surface area contributed by atoms with Gasteiger partial charge in [-0.05, 0) is 26.3 Å². The van der Waals surface area contributed by atoms with Crippen LogP contribution in [-0.4, -0.2) is 42.3 Å². The first-order valence-electron chi connectivity index (χ1n) is 5.65. The molecule has 4 nitrogen and oxygen atoms in total. The second-order valence-electron chi connectivity index (χ2n) is 2.90. The van der Waals surface area contributed by atoms with Gasteiger partial charge in [-0.1, -0.05) is 0 Å². The molecule has 0 amide bonds. The Morgan fingerprint density at radius 1 is 0.938 bits per heavy atom. The van der Waals surface area contributed by atoms with Crippen molar-refractivity contribution >= 4 is 8.80 Å². The highest BCUT2D eigenvalue weighted by Crippen LogP contribution is 2.08. The summed E-state index contributed by atoms with van der Waals surface area (Å²) in [5, 5.41) is 0. The van der Waals surface area contributed by atoms with Crippen molar-refractivity contribution in [3.05, 3.63) is 0 Å². The van der Waals surface area contributed by atoms with E-state index in [1.165, 1.54) is 0 Å². The Labute approximate surface area is 99.6 Å². The maximum absolute atomic E-state index is 5.57. The maximum Gasteiger partial charge on any atom is 0.591 e. The van der Waals surface area contributed by atoms with Gasteiger partial charge in [0.1, 0.15) is 0 Å². The molecular weight excluding hydrogens is 224 g/mol. The van der Waals surface area contributed by atoms with Gasteiger partial charge < -0.3 is 18.0 Å². The summed E-state index contributed by atoms with van der Waals surface area (Å²) in [7, 11) is -1.11. The van der Waals surface area contributed by atoms with Crippen molar-refractivity contribution in [2.75, 3.05) is 33.5 Å². The van der Waals surface area contributed by atoms with E-state index in [4.69, 9.17) is 18.0 Å². The van der Waals surface area contributed by atoms with E-state index in [9.17, 15) is 0 Å². The fourth-order valence-electron chi connectivity index (χ4n) is 1.13. The monoisotopic (exact) mass is 246 g/mol. The molecule has 16 heavy (non-hydrogen) atoms. The van der Waals surface area contributed by atoms with E-state index in [1.54, 1.807) is 7.11 Å². The molecule has 0 aromatic rings. The third kappa shape index (κ3) is 6.25. The molecule has 0 saturated heterocycles. The van der Waals surface area contributed by atoms with Gasteiger partial charge in [-0.2, -0.15) is 0 Å². The summed E-state index contributed by atoms with van der Waals surface area (Å²) < 4.78 is 21.6. The zero-order valence-corrected chi connectivity index (χ0v) is 11.7. The Bertz CT molecular complexity index is 205. The lowest BCUT2D eigenvalue weighted by Gasteiger charge is -2.22. The summed E-state index contributed by atoms with van der Waals surface area (Å²) in [6, 6.07) is 0. The minimum atomic E-state index is -2.76. The van der Waals surface area contributed by atoms with Crippen LogP contribution in [0.5, 0.6) is 0 Å². The van der Waals surface area contributed by atoms with Crippen LogP contribution >= 0.6 is 0 Å². The van der Waals surface area contributed by atoms with Gasteiger partial charge in [-0.3, -0.25) is 0 Å². The van der Waals surface area contributed by atoms with Crippen molar-refractivity contribution in [3.63, 3.8) is 0 Å². The van der Waals surface area contributed by atoms with Gasteiger partial charge in [0.25, 0.3) is 0 Å². The van der Waals surface area contributed by atoms with E-state index in [-0.39, 0.29) is 0 Å². The molecule has 0 spiro atoms. The zero-order chi connectivity index (χ0) is 12.3. The normalized spacial score (nSPS) is 11.0. The van der Waals surface area contributed by atoms with E-state index in [2.05, 4.69) is 11.5 Å². The van der Waals surface area contributed by atoms with Crippen molar-refractivity contribution in [3.8, 4) is 11.5 Å². The minimum absolute atomic E-state index is 0.547. The van der Waals surface area contributed by atoms with Gasteiger partial charge in [-0.25, -0.2) is 0 Å². The predicted octanol–water partition coefficient (Wildman–Crippen LogP) is 1.61. The lowest BCUT2D eigenvalue weighted by atomic mass is 10.5. The van der Waals surface area contributed by atoms with Crippen molar-refractivity contribution in [2.45, 2.75) is 27.2 Å². The van der Waals surface area contributed by atoms with Crippen LogP contribution in [0.2, 0.25) is 0 Å². The highest BCUT2D eigenvalue weighted by atomic mass is 28.4. The molecular formula is C11H22O4Si. The molecule has 0 N–H and O–H groups in total. The predicted molar refractivity (Wildman–Crippen MR) is 64.9 cm³/mol. The lowest BCUT2D eigenvalue weighted by Crippen LogP contribution is -2.45. The van der Waals surface area contributed by atoms with Crippen LogP contribution in [0.1, 0.15) is 27.2 Å². The van der Waals surface area contributed by atoms with Crippen LogP contribution < -0.4 is 0 Å². The van der Waals surface area contributed by atoms with Gasteiger partial charge in [0.05, 0.1) is 6.61 Å². The first-order chi connectivity index (χ1) is 7.74. The van der Waals surface area contributed by atoms with E-state index in [0.29, 0.717) is 32.8 Å². The quantitative estimate of drug-likeness (QED) is 0.370. The lowest BCUT2D eigenvalue weighted by molar-refractivity contribution is 0.0870. The number of hydrogen-bond acceptors (Lipinski definition) is 4. The van der Waals surface area contributed by atoms with Crippen LogP contribution in [0.25, 0.3) is 0 Å². The molecule has 0 unspecified atom stereocenters. The van der Waals surface area contributed by atoms with Crippen molar-refractivity contribution in [1.82, 2.24) is 0 Å². The van der Waals surface area contributed by atoms with Crippen LogP contribution in [0, 0.1) is 11.5 Å². The summed E-state index contributed by atoms with van der Waals surface area (Å²) in [5.74, 6) is 2.99. The molecule has 0 rings (SSSR count). The molecule has 0 bridgehead atoms. The number of methoxy groups -OCH3 is 1. The molecule has 0 radical (unpaired) electrons. The van der Waals surface area contributed by atoms with Gasteiger partial charge in [0.15, 0.2) is 0 Å². The highest BCUT2D eigenvalue weighted by Gasteiger charge is 2.39. The smallest absolute Gasteiger partial charge is 0.384 e. The molecule has 5 heteroatoms. The third-order valence-corrected chi connectivity index (χ3v) is 4.16. The number of ether oxygens (including phenoxy) is 1. The summed E-state index contributed by atoms with van der Waals surface area (Å²) in [5.41, 5.74) is 3.01. The Balaban J connectivity index is 4.49. The zero-order valence-electron chi connectivity index (χ0n) is 10.7. The number of hydrogen-bond donors (Lipinski definition) is 0. The fraction of sp³-hybridized carbons (Fsp3) is 0.818. The highest BCUT2D eigenvalue weighted by molar-refractivity contribution is 6.69. The average Bonchev–Trinajstić information content (AvgIpc) is 2.26. The molecule has 0 atom stereocenters. The van der Waals surface area contributed by atoms with Gasteiger partial charge in [0, 0.05) is 33.4 Å². The van der Waals surface area contributed by atoms with E-state index >= 15 is 0 Å². The van der Waals surface area contributed by atoms with Gasteiger partial charge >= 0.3 is 8.80 Å². The van der Waals surface area contributed by atoms with Crippen LogP contribution in [0.3, 0.4) is 0 Å². The topological polar surface area (TPSA) is 36.9 Å². The van der Waals surface area contributed by atoms with Crippen molar-refractivity contribution in [1.29, 1.82) is 0 Å². The summed E-state index contributed by atoms with van der Waals surface area (Å²) in [6.07, 6.45) is 0.665. The summed E-state index contributed by atoms with van der Waals surface area (Å²) >= 11 is 0. The van der Waals surface area contributed by atoms with Crippen LogP contribution in [-0.2, 0) is 18.0 Å². The van der Waals surface area contributed by atoms with Gasteiger partial charge in [-0.15, -0.1) is 5.92 Å². The Morgan fingerprint density at radius 2 is 1.44 bits per heavy atom. The standard InChI is InChI=1S/C11H22O4Si/c1-5-13-16(14-6-2,15-7-3)11-9-8-10-12-4/h5-8,10H2,1-4H3. The fourth-order valence-corrected chi connectivity index (χ4v) is 3.08. The first kappa shape index (κ1) is 15.6. The second kappa shape index (κ2) is 9.82. The SMILES string of the molecule is CCO[Si](C#CCCOC)(OCC)OCC.